The number of nitrogens with one attached hydrogen (secondary N) is 1. The van der Waals surface area contributed by atoms with E-state index < -0.39 is 0 Å². The van der Waals surface area contributed by atoms with Crippen molar-refractivity contribution in [2.24, 2.45) is 0 Å². The first-order valence-electron chi connectivity index (χ1n) is 12.9. The van der Waals surface area contributed by atoms with Gasteiger partial charge >= 0.3 is 0 Å². The van der Waals surface area contributed by atoms with Gasteiger partial charge in [0.05, 0.1) is 12.3 Å². The third-order valence-corrected chi connectivity index (χ3v) is 7.94. The Morgan fingerprint density at radius 2 is 1.97 bits per heavy atom. The molecule has 2 aliphatic heterocycles. The van der Waals surface area contributed by atoms with Gasteiger partial charge in [-0.25, -0.2) is 9.50 Å². The molecule has 1 atom stereocenters. The van der Waals surface area contributed by atoms with E-state index in [0.717, 1.165) is 24.4 Å². The minimum atomic E-state index is 0.416. The van der Waals surface area contributed by atoms with E-state index in [9.17, 15) is 0 Å². The number of aryl methyl sites for hydroxylation is 1. The van der Waals surface area contributed by atoms with Crippen molar-refractivity contribution in [1.82, 2.24) is 24.5 Å². The Hall–Kier alpha value is -2.70. The van der Waals surface area contributed by atoms with E-state index in [0.29, 0.717) is 17.9 Å². The topological polar surface area (TPSA) is 58.5 Å². The van der Waals surface area contributed by atoms with Crippen LogP contribution >= 0.6 is 0 Å². The van der Waals surface area contributed by atoms with Gasteiger partial charge < -0.3 is 9.72 Å². The van der Waals surface area contributed by atoms with Crippen molar-refractivity contribution >= 4 is 16.6 Å². The van der Waals surface area contributed by atoms with Crippen LogP contribution < -0.4 is 0 Å². The zero-order valence-corrected chi connectivity index (χ0v) is 20.6. The maximum absolute atomic E-state index is 5.74. The van der Waals surface area contributed by atoms with Crippen LogP contribution in [-0.4, -0.2) is 56.8 Å². The second kappa shape index (κ2) is 8.82. The van der Waals surface area contributed by atoms with Gasteiger partial charge in [0, 0.05) is 35.3 Å². The Bertz CT molecular complexity index is 1310. The summed E-state index contributed by atoms with van der Waals surface area (Å²) in [5, 5.41) is 5.75. The van der Waals surface area contributed by atoms with Crippen LogP contribution in [-0.2, 0) is 4.74 Å². The zero-order chi connectivity index (χ0) is 23.2. The number of nitrogens with zero attached hydrogens (tertiary/aromatic N) is 4. The van der Waals surface area contributed by atoms with Crippen molar-refractivity contribution in [3.63, 3.8) is 0 Å². The molecule has 1 aromatic carbocycles. The second-order valence-corrected chi connectivity index (χ2v) is 10.5. The molecule has 0 bridgehead atoms. The van der Waals surface area contributed by atoms with Crippen molar-refractivity contribution < 1.29 is 4.74 Å². The highest BCUT2D eigenvalue weighted by atomic mass is 16.5. The van der Waals surface area contributed by atoms with E-state index in [1.54, 1.807) is 6.33 Å². The summed E-state index contributed by atoms with van der Waals surface area (Å²) < 4.78 is 7.63. The summed E-state index contributed by atoms with van der Waals surface area (Å²) in [4.78, 5) is 10.8. The molecule has 0 spiro atoms. The third-order valence-electron chi connectivity index (χ3n) is 7.94. The summed E-state index contributed by atoms with van der Waals surface area (Å²) in [5.41, 5.74) is 8.53. The molecule has 34 heavy (non-hydrogen) atoms. The molecular weight excluding hydrogens is 422 g/mol. The van der Waals surface area contributed by atoms with Crippen LogP contribution in [0.4, 0.5) is 0 Å². The van der Waals surface area contributed by atoms with E-state index in [-0.39, 0.29) is 0 Å². The molecule has 3 aromatic heterocycles. The molecule has 6 heteroatoms. The number of piperidine rings is 1. The van der Waals surface area contributed by atoms with Gasteiger partial charge in [-0.1, -0.05) is 19.9 Å². The molecule has 1 unspecified atom stereocenters. The van der Waals surface area contributed by atoms with Crippen LogP contribution in [0.15, 0.2) is 36.8 Å². The van der Waals surface area contributed by atoms with Gasteiger partial charge in [-0.15, -0.1) is 0 Å². The first-order valence-corrected chi connectivity index (χ1v) is 12.9. The molecule has 2 fully saturated rings. The molecule has 2 aliphatic rings. The minimum absolute atomic E-state index is 0.416. The first kappa shape index (κ1) is 21.8. The number of pyridine rings is 1. The average Bonchev–Trinajstić information content (AvgIpc) is 3.49. The van der Waals surface area contributed by atoms with Crippen LogP contribution in [0.25, 0.3) is 27.8 Å². The lowest BCUT2D eigenvalue weighted by Gasteiger charge is -2.39. The predicted molar refractivity (Wildman–Crippen MR) is 136 cm³/mol. The van der Waals surface area contributed by atoms with Gasteiger partial charge in [0.2, 0.25) is 0 Å². The van der Waals surface area contributed by atoms with Crippen molar-refractivity contribution in [2.75, 3.05) is 26.3 Å². The number of aromatic amines is 1. The first-order chi connectivity index (χ1) is 16.6. The molecule has 0 amide bonds. The summed E-state index contributed by atoms with van der Waals surface area (Å²) in [6.45, 7) is 10.9. The number of ether oxygens (including phenoxy) is 1. The normalized spacial score (nSPS) is 20.6. The van der Waals surface area contributed by atoms with Gasteiger partial charge in [0.15, 0.2) is 5.65 Å². The van der Waals surface area contributed by atoms with Crippen molar-refractivity contribution in [3.05, 3.63) is 53.5 Å². The number of aromatic nitrogens is 4. The lowest BCUT2D eigenvalue weighted by atomic mass is 9.87. The Morgan fingerprint density at radius 1 is 1.12 bits per heavy atom. The standard InChI is InChI=1S/C28H35N5O/c1-18(2)26-24-14-21(20-8-10-32(11-9-20)23-5-4-12-34-16-23)6-7-25(24)31-27(26)22-13-19(3)28-29-17-30-33(28)15-22/h6-7,13-15,17-18,20,23,31H,4-5,8-12,16H2,1-3H3. The Labute approximate surface area is 201 Å². The minimum Gasteiger partial charge on any atom is -0.380 e. The van der Waals surface area contributed by atoms with Crippen LogP contribution in [0.2, 0.25) is 0 Å². The largest absolute Gasteiger partial charge is 0.380 e. The number of fused-ring (bicyclic) bond motifs is 2. The summed E-state index contributed by atoms with van der Waals surface area (Å²) >= 11 is 0. The SMILES string of the molecule is Cc1cc(-c2[nH]c3ccc(C4CCN(C5CCCOC5)CC4)cc3c2C(C)C)cn2ncnc12. The highest BCUT2D eigenvalue weighted by Gasteiger charge is 2.28. The third kappa shape index (κ3) is 3.83. The fourth-order valence-corrected chi connectivity index (χ4v) is 6.15. The average molecular weight is 458 g/mol. The monoisotopic (exact) mass is 457 g/mol. The fraction of sp³-hybridized carbons (Fsp3) is 0.500. The number of benzene rings is 1. The van der Waals surface area contributed by atoms with Gasteiger partial charge in [-0.05, 0) is 92.4 Å². The van der Waals surface area contributed by atoms with Crippen LogP contribution in [0.3, 0.4) is 0 Å². The quantitative estimate of drug-likeness (QED) is 0.429. The van der Waals surface area contributed by atoms with Crippen LogP contribution in [0, 0.1) is 6.92 Å². The molecule has 0 radical (unpaired) electrons. The lowest BCUT2D eigenvalue weighted by Crippen LogP contribution is -2.45. The highest BCUT2D eigenvalue weighted by molar-refractivity contribution is 5.92. The number of hydrogen-bond donors (Lipinski definition) is 1. The van der Waals surface area contributed by atoms with Gasteiger partial charge in [-0.3, -0.25) is 4.90 Å². The Kier molecular flexibility index (Phi) is 5.66. The smallest absolute Gasteiger partial charge is 0.158 e. The van der Waals surface area contributed by atoms with Crippen molar-refractivity contribution in [1.29, 1.82) is 0 Å². The van der Waals surface area contributed by atoms with E-state index >= 15 is 0 Å². The van der Waals surface area contributed by atoms with Crippen LogP contribution in [0.1, 0.15) is 68.1 Å². The van der Waals surface area contributed by atoms with E-state index in [2.05, 4.69) is 71.2 Å². The zero-order valence-electron chi connectivity index (χ0n) is 20.6. The summed E-state index contributed by atoms with van der Waals surface area (Å²) in [7, 11) is 0. The number of hydrogen-bond acceptors (Lipinski definition) is 4. The molecule has 6 nitrogen and oxygen atoms in total. The Balaban J connectivity index is 1.32. The summed E-state index contributed by atoms with van der Waals surface area (Å²) in [5.74, 6) is 1.05. The van der Waals surface area contributed by atoms with Gasteiger partial charge in [-0.2, -0.15) is 5.10 Å². The molecular formula is C28H35N5O. The molecule has 2 saturated heterocycles. The van der Waals surface area contributed by atoms with E-state index in [1.807, 2.05) is 4.52 Å². The second-order valence-electron chi connectivity index (χ2n) is 10.5. The molecule has 6 rings (SSSR count). The maximum atomic E-state index is 5.74. The Morgan fingerprint density at radius 3 is 2.74 bits per heavy atom. The predicted octanol–water partition coefficient (Wildman–Crippen LogP) is 5.67. The molecule has 178 valence electrons. The molecule has 0 saturated carbocycles. The molecule has 1 N–H and O–H groups in total. The summed E-state index contributed by atoms with van der Waals surface area (Å²) in [6, 6.07) is 9.97. The van der Waals surface area contributed by atoms with Gasteiger partial charge in [0.1, 0.15) is 6.33 Å². The fourth-order valence-electron chi connectivity index (χ4n) is 6.15. The van der Waals surface area contributed by atoms with Crippen molar-refractivity contribution in [2.45, 2.75) is 64.3 Å². The number of likely N-dealkylation sites (tertiary alicyclic amines) is 1. The molecule has 5 heterocycles. The van der Waals surface area contributed by atoms with Gasteiger partial charge in [0.25, 0.3) is 0 Å². The van der Waals surface area contributed by atoms with Crippen molar-refractivity contribution in [3.8, 4) is 11.3 Å². The summed E-state index contributed by atoms with van der Waals surface area (Å²) in [6.07, 6.45) is 8.69. The number of H-pyrrole nitrogens is 1. The molecule has 4 aromatic rings. The maximum Gasteiger partial charge on any atom is 0.158 e. The highest BCUT2D eigenvalue weighted by Crippen LogP contribution is 2.39. The molecule has 0 aliphatic carbocycles. The van der Waals surface area contributed by atoms with E-state index in [4.69, 9.17) is 4.74 Å². The van der Waals surface area contributed by atoms with Crippen LogP contribution in [0.5, 0.6) is 0 Å². The lowest BCUT2D eigenvalue weighted by molar-refractivity contribution is 0.00886. The number of rotatable bonds is 4. The van der Waals surface area contributed by atoms with E-state index in [1.165, 1.54) is 72.1 Å².